The van der Waals surface area contributed by atoms with Crippen molar-refractivity contribution in [3.63, 3.8) is 0 Å². The van der Waals surface area contributed by atoms with Crippen molar-refractivity contribution in [2.24, 2.45) is 0 Å². The maximum atomic E-state index is 6.16. The lowest BCUT2D eigenvalue weighted by molar-refractivity contribution is 0.716. The van der Waals surface area contributed by atoms with Gasteiger partial charge in [-0.25, -0.2) is 0 Å². The molecule has 18 heavy (non-hydrogen) atoms. The molecule has 0 spiro atoms. The van der Waals surface area contributed by atoms with Gasteiger partial charge in [-0.2, -0.15) is 0 Å². The molecule has 0 aliphatic heterocycles. The first-order chi connectivity index (χ1) is 8.76. The lowest BCUT2D eigenvalue weighted by Gasteiger charge is -2.08. The van der Waals surface area contributed by atoms with Crippen molar-refractivity contribution < 1.29 is 0 Å². The summed E-state index contributed by atoms with van der Waals surface area (Å²) in [5.74, 6) is 1.75. The first kappa shape index (κ1) is 12.9. The highest BCUT2D eigenvalue weighted by molar-refractivity contribution is 6.31. The largest absolute Gasteiger partial charge is 0.355 e. The molecule has 1 aromatic heterocycles. The van der Waals surface area contributed by atoms with E-state index < -0.39 is 0 Å². The fourth-order valence-electron chi connectivity index (χ4n) is 1.90. The molecule has 0 unspecified atom stereocenters. The molecule has 0 saturated heterocycles. The number of nitrogens with zero attached hydrogens (tertiary/aromatic N) is 3. The number of rotatable bonds is 5. The SMILES string of the molecule is CCNc1nnc(Cc2ccccc2Cl)n1CC. The van der Waals surface area contributed by atoms with E-state index in [1.807, 2.05) is 31.2 Å². The standard InChI is InChI=1S/C13H17ClN4/c1-3-15-13-17-16-12(18(13)4-2)9-10-7-5-6-8-11(10)14/h5-8H,3-4,9H2,1-2H3,(H,15,17). The Labute approximate surface area is 112 Å². The molecule has 0 aliphatic rings. The summed E-state index contributed by atoms with van der Waals surface area (Å²) in [4.78, 5) is 0. The van der Waals surface area contributed by atoms with Gasteiger partial charge in [-0.15, -0.1) is 10.2 Å². The van der Waals surface area contributed by atoms with Gasteiger partial charge in [-0.05, 0) is 25.5 Å². The third kappa shape index (κ3) is 2.64. The number of nitrogens with one attached hydrogen (secondary N) is 1. The number of hydrogen-bond donors (Lipinski definition) is 1. The van der Waals surface area contributed by atoms with E-state index in [0.717, 1.165) is 35.4 Å². The van der Waals surface area contributed by atoms with Crippen LogP contribution in [0.25, 0.3) is 0 Å². The van der Waals surface area contributed by atoms with Crippen molar-refractivity contribution in [2.45, 2.75) is 26.8 Å². The van der Waals surface area contributed by atoms with Crippen LogP contribution in [0.3, 0.4) is 0 Å². The van der Waals surface area contributed by atoms with E-state index in [-0.39, 0.29) is 0 Å². The maximum Gasteiger partial charge on any atom is 0.224 e. The summed E-state index contributed by atoms with van der Waals surface area (Å²) in [6.07, 6.45) is 0.700. The van der Waals surface area contributed by atoms with Gasteiger partial charge in [0.05, 0.1) is 0 Å². The van der Waals surface area contributed by atoms with E-state index in [9.17, 15) is 0 Å². The highest BCUT2D eigenvalue weighted by Crippen LogP contribution is 2.19. The molecule has 0 radical (unpaired) electrons. The van der Waals surface area contributed by atoms with E-state index in [1.165, 1.54) is 0 Å². The van der Waals surface area contributed by atoms with Crippen LogP contribution in [0, 0.1) is 0 Å². The highest BCUT2D eigenvalue weighted by Gasteiger charge is 2.11. The molecular formula is C13H17ClN4. The zero-order valence-electron chi connectivity index (χ0n) is 10.7. The summed E-state index contributed by atoms with van der Waals surface area (Å²) in [5.41, 5.74) is 1.07. The monoisotopic (exact) mass is 264 g/mol. The van der Waals surface area contributed by atoms with Crippen molar-refractivity contribution in [3.8, 4) is 0 Å². The second kappa shape index (κ2) is 5.87. The summed E-state index contributed by atoms with van der Waals surface area (Å²) in [7, 11) is 0. The molecule has 0 atom stereocenters. The van der Waals surface area contributed by atoms with Crippen molar-refractivity contribution in [2.75, 3.05) is 11.9 Å². The van der Waals surface area contributed by atoms with E-state index in [0.29, 0.717) is 6.42 Å². The van der Waals surface area contributed by atoms with Crippen LogP contribution in [0.4, 0.5) is 5.95 Å². The molecule has 96 valence electrons. The minimum atomic E-state index is 0.700. The quantitative estimate of drug-likeness (QED) is 0.903. The Balaban J connectivity index is 2.27. The van der Waals surface area contributed by atoms with Crippen molar-refractivity contribution >= 4 is 17.5 Å². The van der Waals surface area contributed by atoms with E-state index >= 15 is 0 Å². The normalized spacial score (nSPS) is 10.6. The van der Waals surface area contributed by atoms with E-state index in [4.69, 9.17) is 11.6 Å². The van der Waals surface area contributed by atoms with Gasteiger partial charge in [0.15, 0.2) is 0 Å². The van der Waals surface area contributed by atoms with Crippen LogP contribution in [0.1, 0.15) is 25.2 Å². The number of halogens is 1. The maximum absolute atomic E-state index is 6.16. The molecule has 2 aromatic rings. The molecule has 2 rings (SSSR count). The first-order valence-electron chi connectivity index (χ1n) is 6.15. The predicted octanol–water partition coefficient (Wildman–Crippen LogP) is 2.97. The van der Waals surface area contributed by atoms with Crippen molar-refractivity contribution in [3.05, 3.63) is 40.7 Å². The summed E-state index contributed by atoms with van der Waals surface area (Å²) < 4.78 is 2.08. The Bertz CT molecular complexity index is 521. The van der Waals surface area contributed by atoms with Gasteiger partial charge in [0, 0.05) is 24.5 Å². The third-order valence-electron chi connectivity index (χ3n) is 2.78. The zero-order valence-corrected chi connectivity index (χ0v) is 11.4. The van der Waals surface area contributed by atoms with E-state index in [1.54, 1.807) is 0 Å². The molecule has 1 heterocycles. The number of anilines is 1. The average molecular weight is 265 g/mol. The average Bonchev–Trinajstić information content (AvgIpc) is 2.75. The summed E-state index contributed by atoms with van der Waals surface area (Å²) in [6.45, 7) is 5.81. The van der Waals surface area contributed by atoms with Crippen LogP contribution in [0.2, 0.25) is 5.02 Å². The van der Waals surface area contributed by atoms with Gasteiger partial charge in [0.2, 0.25) is 5.95 Å². The lowest BCUT2D eigenvalue weighted by atomic mass is 10.1. The number of aromatic nitrogens is 3. The van der Waals surface area contributed by atoms with Crippen LogP contribution in [-0.4, -0.2) is 21.3 Å². The second-order valence-corrected chi connectivity index (χ2v) is 4.39. The molecule has 1 aromatic carbocycles. The molecular weight excluding hydrogens is 248 g/mol. The Morgan fingerprint density at radius 1 is 1.22 bits per heavy atom. The summed E-state index contributed by atoms with van der Waals surface area (Å²) >= 11 is 6.16. The van der Waals surface area contributed by atoms with Gasteiger partial charge >= 0.3 is 0 Å². The van der Waals surface area contributed by atoms with Crippen LogP contribution >= 0.6 is 11.6 Å². The fraction of sp³-hybridized carbons (Fsp3) is 0.385. The minimum absolute atomic E-state index is 0.700. The van der Waals surface area contributed by atoms with Gasteiger partial charge in [-0.3, -0.25) is 4.57 Å². The predicted molar refractivity (Wildman–Crippen MR) is 74.1 cm³/mol. The molecule has 0 saturated carbocycles. The van der Waals surface area contributed by atoms with Gasteiger partial charge in [-0.1, -0.05) is 29.8 Å². The Hall–Kier alpha value is -1.55. The summed E-state index contributed by atoms with van der Waals surface area (Å²) in [5, 5.41) is 12.4. The summed E-state index contributed by atoms with van der Waals surface area (Å²) in [6, 6.07) is 7.83. The van der Waals surface area contributed by atoms with Crippen LogP contribution < -0.4 is 5.32 Å². The molecule has 0 aliphatic carbocycles. The number of benzene rings is 1. The Morgan fingerprint density at radius 2 is 2.00 bits per heavy atom. The minimum Gasteiger partial charge on any atom is -0.355 e. The first-order valence-corrected chi connectivity index (χ1v) is 6.53. The third-order valence-corrected chi connectivity index (χ3v) is 3.15. The molecule has 0 amide bonds. The Kier molecular flexibility index (Phi) is 4.20. The fourth-order valence-corrected chi connectivity index (χ4v) is 2.10. The van der Waals surface area contributed by atoms with Crippen LogP contribution in [0.15, 0.2) is 24.3 Å². The topological polar surface area (TPSA) is 42.7 Å². The second-order valence-electron chi connectivity index (χ2n) is 3.98. The Morgan fingerprint density at radius 3 is 2.67 bits per heavy atom. The van der Waals surface area contributed by atoms with Crippen molar-refractivity contribution in [1.29, 1.82) is 0 Å². The molecule has 1 N–H and O–H groups in total. The lowest BCUT2D eigenvalue weighted by Crippen LogP contribution is -2.09. The van der Waals surface area contributed by atoms with Gasteiger partial charge in [0.25, 0.3) is 0 Å². The molecule has 4 nitrogen and oxygen atoms in total. The van der Waals surface area contributed by atoms with Crippen molar-refractivity contribution in [1.82, 2.24) is 14.8 Å². The number of hydrogen-bond acceptors (Lipinski definition) is 3. The smallest absolute Gasteiger partial charge is 0.224 e. The van der Waals surface area contributed by atoms with Gasteiger partial charge < -0.3 is 5.32 Å². The van der Waals surface area contributed by atoms with E-state index in [2.05, 4.69) is 27.0 Å². The van der Waals surface area contributed by atoms with Gasteiger partial charge in [0.1, 0.15) is 5.82 Å². The van der Waals surface area contributed by atoms with Crippen LogP contribution in [0.5, 0.6) is 0 Å². The molecule has 0 bridgehead atoms. The highest BCUT2D eigenvalue weighted by atomic mass is 35.5. The zero-order chi connectivity index (χ0) is 13.0. The molecule has 0 fully saturated rings. The molecule has 5 heteroatoms. The van der Waals surface area contributed by atoms with Crippen LogP contribution in [-0.2, 0) is 13.0 Å².